The van der Waals surface area contributed by atoms with E-state index in [2.05, 4.69) is 106 Å². The number of rotatable bonds is 3. The predicted octanol–water partition coefficient (Wildman–Crippen LogP) is 6.70. The van der Waals surface area contributed by atoms with Gasteiger partial charge in [-0.1, -0.05) is 114 Å². The lowest BCUT2D eigenvalue weighted by Gasteiger charge is -2.07. The Bertz CT molecular complexity index is 1170. The Kier molecular flexibility index (Phi) is 15.5. The van der Waals surface area contributed by atoms with Crippen LogP contribution >= 0.6 is 0 Å². The molecule has 33 heavy (non-hydrogen) atoms. The van der Waals surface area contributed by atoms with Crippen LogP contribution in [0.25, 0.3) is 42.1 Å². The molecule has 1 heteroatoms. The molecule has 2 aromatic carbocycles. The molecule has 1 heterocycles. The number of hydrogen-bond donors (Lipinski definition) is 0. The van der Waals surface area contributed by atoms with Crippen LogP contribution in [0.3, 0.4) is 0 Å². The van der Waals surface area contributed by atoms with Crippen LogP contribution in [0.1, 0.15) is 66.6 Å². The van der Waals surface area contributed by atoms with Crippen molar-refractivity contribution < 1.29 is 0 Å². The molecule has 1 aromatic heterocycles. The summed E-state index contributed by atoms with van der Waals surface area (Å²) in [7, 11) is 0. The molecule has 0 fully saturated rings. The molecular weight excluding hydrogens is 398 g/mol. The molecule has 0 radical (unpaired) electrons. The summed E-state index contributed by atoms with van der Waals surface area (Å²) in [4.78, 5) is 0. The molecule has 3 aromatic rings. The van der Waals surface area contributed by atoms with Gasteiger partial charge in [0.1, 0.15) is 0 Å². The van der Waals surface area contributed by atoms with E-state index in [4.69, 9.17) is 0 Å². The minimum Gasteiger partial charge on any atom is -0.310 e. The lowest BCUT2D eigenvalue weighted by Crippen LogP contribution is -2.28. The lowest BCUT2D eigenvalue weighted by molar-refractivity contribution is 1.01. The Morgan fingerprint density at radius 3 is 1.45 bits per heavy atom. The Morgan fingerprint density at radius 1 is 0.606 bits per heavy atom. The van der Waals surface area contributed by atoms with Gasteiger partial charge in [0.15, 0.2) is 0 Å². The zero-order valence-corrected chi connectivity index (χ0v) is 22.0. The number of hydrogen-bond acceptors (Lipinski definition) is 0. The summed E-state index contributed by atoms with van der Waals surface area (Å²) in [5.41, 5.74) is 3.36. The highest BCUT2D eigenvalue weighted by atomic mass is 15.0. The largest absolute Gasteiger partial charge is 0.310 e. The molecule has 0 amide bonds. The van der Waals surface area contributed by atoms with Crippen molar-refractivity contribution in [1.29, 1.82) is 0 Å². The summed E-state index contributed by atoms with van der Waals surface area (Å²) in [5.74, 6) is 0. The first kappa shape index (κ1) is 29.7. The first-order chi connectivity index (χ1) is 16.2. The maximum Gasteiger partial charge on any atom is 0.0534 e. The minimum atomic E-state index is 1.09. The SMILES string of the molecule is C/C=c1/cccc/c1=C/C.C=Cc1c(C=C)n(-c2ccccc2)c(=C/C)/c1=C\C.CC.CC. The van der Waals surface area contributed by atoms with Gasteiger partial charge in [-0.2, -0.15) is 0 Å². The van der Waals surface area contributed by atoms with Crippen molar-refractivity contribution in [1.82, 2.24) is 4.57 Å². The van der Waals surface area contributed by atoms with Crippen LogP contribution < -0.4 is 21.0 Å². The molecule has 0 atom stereocenters. The van der Waals surface area contributed by atoms with Crippen LogP contribution in [0.15, 0.2) is 67.8 Å². The van der Waals surface area contributed by atoms with Gasteiger partial charge in [0.2, 0.25) is 0 Å². The Labute approximate surface area is 202 Å². The third-order valence-electron chi connectivity index (χ3n) is 4.92. The van der Waals surface area contributed by atoms with Gasteiger partial charge in [-0.15, -0.1) is 0 Å². The highest BCUT2D eigenvalue weighted by Crippen LogP contribution is 2.13. The summed E-state index contributed by atoms with van der Waals surface area (Å²) in [6, 6.07) is 18.7. The number of nitrogens with zero attached hydrogens (tertiary/aromatic N) is 1. The van der Waals surface area contributed by atoms with Crippen LogP contribution in [0.2, 0.25) is 0 Å². The zero-order valence-electron chi connectivity index (χ0n) is 22.0. The fraction of sp³-hybridized carbons (Fsp3) is 0.250. The molecule has 0 aliphatic carbocycles. The maximum atomic E-state index is 3.95. The van der Waals surface area contributed by atoms with Crippen LogP contribution in [-0.2, 0) is 0 Å². The standard InChI is InChI=1S/C18H19N.C10H12.2C2H6/c1-5-15-16(6-2)18(8-4)19(17(15)7-3)14-12-10-9-11-13-14;1-3-9-7-5-6-8-10(9)4-2;2*1-2/h5-13H,1,3H2,2,4H3;3-8H,1-2H3;2*1-2H3/b16-6-,18-8+;9-3-,10-4-;;. The van der Waals surface area contributed by atoms with Crippen molar-refractivity contribution in [3.8, 4) is 5.69 Å². The van der Waals surface area contributed by atoms with E-state index in [0.29, 0.717) is 0 Å². The van der Waals surface area contributed by atoms with Crippen molar-refractivity contribution in [2.75, 3.05) is 0 Å². The molecule has 0 unspecified atom stereocenters. The zero-order chi connectivity index (χ0) is 25.2. The Balaban J connectivity index is 0.000000617. The highest BCUT2D eigenvalue weighted by Gasteiger charge is 2.10. The van der Waals surface area contributed by atoms with Gasteiger partial charge in [-0.25, -0.2) is 0 Å². The smallest absolute Gasteiger partial charge is 0.0534 e. The molecule has 3 rings (SSSR count). The van der Waals surface area contributed by atoms with Gasteiger partial charge in [0.25, 0.3) is 0 Å². The minimum absolute atomic E-state index is 1.09. The molecule has 0 aliphatic rings. The Morgan fingerprint density at radius 2 is 1.09 bits per heavy atom. The molecule has 0 spiro atoms. The Hall–Kier alpha value is -3.32. The van der Waals surface area contributed by atoms with Gasteiger partial charge in [0, 0.05) is 21.8 Å². The van der Waals surface area contributed by atoms with Gasteiger partial charge in [-0.3, -0.25) is 0 Å². The first-order valence-corrected chi connectivity index (χ1v) is 12.0. The number of benzene rings is 2. The first-order valence-electron chi connectivity index (χ1n) is 12.0. The van der Waals surface area contributed by atoms with Gasteiger partial charge >= 0.3 is 0 Å². The van der Waals surface area contributed by atoms with Crippen molar-refractivity contribution in [2.24, 2.45) is 0 Å². The summed E-state index contributed by atoms with van der Waals surface area (Å²) < 4.78 is 2.22. The van der Waals surface area contributed by atoms with E-state index in [9.17, 15) is 0 Å². The predicted molar refractivity (Wildman–Crippen MR) is 154 cm³/mol. The van der Waals surface area contributed by atoms with Crippen molar-refractivity contribution in [3.05, 3.63) is 100 Å². The molecule has 0 aliphatic heterocycles. The molecule has 0 saturated carbocycles. The average molecular weight is 442 g/mol. The fourth-order valence-corrected chi connectivity index (χ4v) is 3.54. The molecule has 176 valence electrons. The van der Waals surface area contributed by atoms with Gasteiger partial charge in [-0.05, 0) is 56.3 Å². The van der Waals surface area contributed by atoms with E-state index in [-0.39, 0.29) is 0 Å². The van der Waals surface area contributed by atoms with Crippen LogP contribution in [0.5, 0.6) is 0 Å². The van der Waals surface area contributed by atoms with E-state index < -0.39 is 0 Å². The van der Waals surface area contributed by atoms with Crippen LogP contribution in [0.4, 0.5) is 0 Å². The van der Waals surface area contributed by atoms with E-state index in [1.165, 1.54) is 21.0 Å². The topological polar surface area (TPSA) is 4.93 Å². The molecule has 0 N–H and O–H groups in total. The molecule has 0 bridgehead atoms. The van der Waals surface area contributed by atoms with Crippen LogP contribution in [0, 0.1) is 0 Å². The lowest BCUT2D eigenvalue weighted by atomic mass is 10.2. The second-order valence-electron chi connectivity index (χ2n) is 6.46. The molecule has 1 nitrogen and oxygen atoms in total. The van der Waals surface area contributed by atoms with E-state index in [1.54, 1.807) is 0 Å². The molecular formula is C32H43N. The monoisotopic (exact) mass is 441 g/mol. The maximum absolute atomic E-state index is 3.95. The van der Waals surface area contributed by atoms with E-state index in [0.717, 1.165) is 16.9 Å². The normalized spacial score (nSPS) is 12.0. The van der Waals surface area contributed by atoms with Crippen molar-refractivity contribution >= 4 is 36.5 Å². The van der Waals surface area contributed by atoms with Crippen LogP contribution in [-0.4, -0.2) is 4.57 Å². The van der Waals surface area contributed by atoms with Crippen molar-refractivity contribution in [2.45, 2.75) is 55.4 Å². The number of aromatic nitrogens is 1. The second kappa shape index (κ2) is 17.3. The second-order valence-corrected chi connectivity index (χ2v) is 6.46. The summed E-state index contributed by atoms with van der Waals surface area (Å²) in [6.45, 7) is 24.1. The number of para-hydroxylation sites is 1. The summed E-state index contributed by atoms with van der Waals surface area (Å²) in [5, 5.41) is 5.00. The third-order valence-corrected chi connectivity index (χ3v) is 4.92. The third kappa shape index (κ3) is 7.64. The quantitative estimate of drug-likeness (QED) is 0.426. The van der Waals surface area contributed by atoms with E-state index >= 15 is 0 Å². The van der Waals surface area contributed by atoms with Gasteiger partial charge < -0.3 is 4.57 Å². The van der Waals surface area contributed by atoms with Crippen molar-refractivity contribution in [3.63, 3.8) is 0 Å². The highest BCUT2D eigenvalue weighted by molar-refractivity contribution is 5.66. The summed E-state index contributed by atoms with van der Waals surface area (Å²) in [6.07, 6.45) is 12.3. The average Bonchev–Trinajstić information content (AvgIpc) is 3.24. The summed E-state index contributed by atoms with van der Waals surface area (Å²) >= 11 is 0. The molecule has 0 saturated heterocycles. The van der Waals surface area contributed by atoms with Gasteiger partial charge in [0.05, 0.1) is 5.69 Å². The fourth-order valence-electron chi connectivity index (χ4n) is 3.54. The van der Waals surface area contributed by atoms with E-state index in [1.807, 2.05) is 58.0 Å².